The summed E-state index contributed by atoms with van der Waals surface area (Å²) in [5.41, 5.74) is 1.65. The van der Waals surface area contributed by atoms with E-state index in [0.29, 0.717) is 12.1 Å². The summed E-state index contributed by atoms with van der Waals surface area (Å²) in [6.45, 7) is 1.97. The van der Waals surface area contributed by atoms with Crippen LogP contribution in [0.3, 0.4) is 0 Å². The lowest BCUT2D eigenvalue weighted by Gasteiger charge is -2.13. The molecule has 0 aliphatic heterocycles. The molecule has 0 saturated carbocycles. The molecule has 0 spiro atoms. The molecule has 0 saturated heterocycles. The Labute approximate surface area is 140 Å². The number of rotatable bonds is 8. The Balaban J connectivity index is 2.08. The van der Waals surface area contributed by atoms with E-state index in [1.807, 2.05) is 19.1 Å². The fraction of sp³-hybridized carbons (Fsp3) is 0.353. The third kappa shape index (κ3) is 4.34. The number of nitrogens with one attached hydrogen (secondary N) is 2. The van der Waals surface area contributed by atoms with Crippen LogP contribution in [0.1, 0.15) is 36.7 Å². The lowest BCUT2D eigenvalue weighted by molar-refractivity contribution is -0.139. The van der Waals surface area contributed by atoms with Gasteiger partial charge in [-0.2, -0.15) is 5.10 Å². The van der Waals surface area contributed by atoms with Gasteiger partial charge in [-0.1, -0.05) is 19.8 Å². The van der Waals surface area contributed by atoms with Crippen molar-refractivity contribution >= 4 is 11.9 Å². The molecule has 128 valence electrons. The van der Waals surface area contributed by atoms with E-state index in [0.717, 1.165) is 24.2 Å². The molecule has 24 heavy (non-hydrogen) atoms. The molecule has 7 nitrogen and oxygen atoms in total. The number of H-pyrrole nitrogens is 1. The topological polar surface area (TPSA) is 104 Å². The van der Waals surface area contributed by atoms with Crippen LogP contribution in [0.4, 0.5) is 0 Å². The Bertz CT molecular complexity index is 694. The molecule has 3 N–H and O–H groups in total. The summed E-state index contributed by atoms with van der Waals surface area (Å²) in [6.07, 6.45) is 2.00. The molecule has 0 aliphatic carbocycles. The maximum atomic E-state index is 12.2. The first-order valence-electron chi connectivity index (χ1n) is 7.78. The molecule has 2 aromatic rings. The highest BCUT2D eigenvalue weighted by atomic mass is 16.5. The number of aliphatic carboxylic acids is 1. The third-order valence-corrected chi connectivity index (χ3v) is 3.66. The highest BCUT2D eigenvalue weighted by molar-refractivity contribution is 5.95. The maximum absolute atomic E-state index is 12.2. The highest BCUT2D eigenvalue weighted by Crippen LogP contribution is 2.21. The molecule has 7 heteroatoms. The molecule has 1 unspecified atom stereocenters. The van der Waals surface area contributed by atoms with E-state index in [1.165, 1.54) is 0 Å². The van der Waals surface area contributed by atoms with Crippen LogP contribution in [0.5, 0.6) is 5.75 Å². The Hall–Kier alpha value is -2.83. The van der Waals surface area contributed by atoms with Gasteiger partial charge in [0.1, 0.15) is 17.5 Å². The lowest BCUT2D eigenvalue weighted by Crippen LogP contribution is -2.40. The number of hydrogen-bond acceptors (Lipinski definition) is 4. The van der Waals surface area contributed by atoms with Crippen molar-refractivity contribution in [1.82, 2.24) is 15.5 Å². The summed E-state index contributed by atoms with van der Waals surface area (Å²) in [7, 11) is 1.59. The Morgan fingerprint density at radius 2 is 2.04 bits per heavy atom. The second-order valence-corrected chi connectivity index (χ2v) is 5.40. The van der Waals surface area contributed by atoms with Crippen molar-refractivity contribution in [3.63, 3.8) is 0 Å². The summed E-state index contributed by atoms with van der Waals surface area (Å²) >= 11 is 0. The first kappa shape index (κ1) is 17.5. The van der Waals surface area contributed by atoms with E-state index >= 15 is 0 Å². The van der Waals surface area contributed by atoms with Crippen molar-refractivity contribution in [1.29, 1.82) is 0 Å². The van der Waals surface area contributed by atoms with Crippen LogP contribution in [0.2, 0.25) is 0 Å². The number of aromatic amines is 1. The van der Waals surface area contributed by atoms with Crippen LogP contribution in [0.15, 0.2) is 30.3 Å². The minimum Gasteiger partial charge on any atom is -0.497 e. The van der Waals surface area contributed by atoms with Gasteiger partial charge in [0.25, 0.3) is 5.91 Å². The number of hydrogen-bond donors (Lipinski definition) is 3. The number of ether oxygens (including phenoxy) is 1. The zero-order valence-electron chi connectivity index (χ0n) is 13.7. The van der Waals surface area contributed by atoms with Gasteiger partial charge in [-0.25, -0.2) is 4.79 Å². The van der Waals surface area contributed by atoms with Gasteiger partial charge in [-0.05, 0) is 36.8 Å². The number of amides is 1. The fourth-order valence-corrected chi connectivity index (χ4v) is 2.25. The number of nitrogens with zero attached hydrogens (tertiary/aromatic N) is 1. The lowest BCUT2D eigenvalue weighted by atomic mass is 10.1. The minimum absolute atomic E-state index is 0.226. The fourth-order valence-electron chi connectivity index (χ4n) is 2.25. The van der Waals surface area contributed by atoms with E-state index in [-0.39, 0.29) is 5.69 Å². The van der Waals surface area contributed by atoms with Gasteiger partial charge in [0.2, 0.25) is 0 Å². The number of aromatic nitrogens is 2. The number of methoxy groups -OCH3 is 1. The molecule has 1 aromatic carbocycles. The standard InChI is InChI=1S/C17H21N3O4/c1-3-4-5-13(17(22)23)18-16(21)15-10-14(19-20-15)11-6-8-12(24-2)9-7-11/h6-10,13H,3-5H2,1-2H3,(H,18,21)(H,19,20)(H,22,23). The van der Waals surface area contributed by atoms with E-state index in [1.54, 1.807) is 25.3 Å². The average molecular weight is 331 g/mol. The van der Waals surface area contributed by atoms with Gasteiger partial charge in [-0.15, -0.1) is 0 Å². The molecule has 1 atom stereocenters. The normalized spacial score (nSPS) is 11.8. The summed E-state index contributed by atoms with van der Waals surface area (Å²) in [5, 5.41) is 18.4. The van der Waals surface area contributed by atoms with Gasteiger partial charge in [0, 0.05) is 5.56 Å². The van der Waals surface area contributed by atoms with Crippen LogP contribution < -0.4 is 10.1 Å². The monoisotopic (exact) mass is 331 g/mol. The van der Waals surface area contributed by atoms with Crippen molar-refractivity contribution in [3.05, 3.63) is 36.0 Å². The largest absolute Gasteiger partial charge is 0.497 e. The molecule has 0 aliphatic rings. The molecule has 0 bridgehead atoms. The van der Waals surface area contributed by atoms with Gasteiger partial charge in [-0.3, -0.25) is 9.89 Å². The van der Waals surface area contributed by atoms with Crippen molar-refractivity contribution < 1.29 is 19.4 Å². The quantitative estimate of drug-likeness (QED) is 0.689. The molecule has 2 rings (SSSR count). The summed E-state index contributed by atoms with van der Waals surface area (Å²) < 4.78 is 5.10. The smallest absolute Gasteiger partial charge is 0.326 e. The summed E-state index contributed by atoms with van der Waals surface area (Å²) in [6, 6.07) is 7.96. The second kappa shape index (κ2) is 8.14. The van der Waals surface area contributed by atoms with Crippen molar-refractivity contribution in [2.24, 2.45) is 0 Å². The first-order chi connectivity index (χ1) is 11.5. The Morgan fingerprint density at radius 1 is 1.33 bits per heavy atom. The summed E-state index contributed by atoms with van der Waals surface area (Å²) in [5.74, 6) is -0.787. The highest BCUT2D eigenvalue weighted by Gasteiger charge is 2.21. The minimum atomic E-state index is -1.04. The van der Waals surface area contributed by atoms with Gasteiger partial charge >= 0.3 is 5.97 Å². The zero-order valence-corrected chi connectivity index (χ0v) is 13.7. The number of carbonyl (C=O) groups is 2. The molecular weight excluding hydrogens is 310 g/mol. The number of unbranched alkanes of at least 4 members (excludes halogenated alkanes) is 1. The molecule has 1 heterocycles. The Morgan fingerprint density at radius 3 is 2.62 bits per heavy atom. The summed E-state index contributed by atoms with van der Waals surface area (Å²) in [4.78, 5) is 23.4. The van der Waals surface area contributed by atoms with E-state index < -0.39 is 17.9 Å². The van der Waals surface area contributed by atoms with Crippen molar-refractivity contribution in [2.45, 2.75) is 32.2 Å². The van der Waals surface area contributed by atoms with Crippen LogP contribution in [-0.2, 0) is 4.79 Å². The SMILES string of the molecule is CCCCC(NC(=O)c1cc(-c2ccc(OC)cc2)n[nH]1)C(=O)O. The predicted molar refractivity (Wildman–Crippen MR) is 89.0 cm³/mol. The second-order valence-electron chi connectivity index (χ2n) is 5.40. The van der Waals surface area contributed by atoms with E-state index in [9.17, 15) is 14.7 Å². The van der Waals surface area contributed by atoms with Gasteiger partial charge in [0.15, 0.2) is 0 Å². The van der Waals surface area contributed by atoms with E-state index in [2.05, 4.69) is 15.5 Å². The van der Waals surface area contributed by atoms with Crippen molar-refractivity contribution in [3.8, 4) is 17.0 Å². The number of carboxylic acids is 1. The van der Waals surface area contributed by atoms with Crippen LogP contribution in [-0.4, -0.2) is 40.3 Å². The first-order valence-corrected chi connectivity index (χ1v) is 7.78. The van der Waals surface area contributed by atoms with Crippen LogP contribution in [0.25, 0.3) is 11.3 Å². The molecule has 0 radical (unpaired) electrons. The number of benzene rings is 1. The average Bonchev–Trinajstić information content (AvgIpc) is 3.08. The number of carboxylic acid groups (broad SMARTS) is 1. The van der Waals surface area contributed by atoms with Crippen LogP contribution >= 0.6 is 0 Å². The molecule has 0 fully saturated rings. The van der Waals surface area contributed by atoms with Crippen LogP contribution in [0, 0.1) is 0 Å². The molecule has 1 amide bonds. The van der Waals surface area contributed by atoms with Gasteiger partial charge < -0.3 is 15.2 Å². The van der Waals surface area contributed by atoms with E-state index in [4.69, 9.17) is 4.74 Å². The molecular formula is C17H21N3O4. The van der Waals surface area contributed by atoms with Crippen molar-refractivity contribution in [2.75, 3.05) is 7.11 Å². The predicted octanol–water partition coefficient (Wildman–Crippen LogP) is 2.46. The van der Waals surface area contributed by atoms with Gasteiger partial charge in [0.05, 0.1) is 12.8 Å². The zero-order chi connectivity index (χ0) is 17.5. The Kier molecular flexibility index (Phi) is 5.95. The maximum Gasteiger partial charge on any atom is 0.326 e. The molecule has 1 aromatic heterocycles. The number of carbonyl (C=O) groups excluding carboxylic acids is 1. The third-order valence-electron chi connectivity index (χ3n) is 3.66.